The number of rotatable bonds is 2. The zero-order valence-electron chi connectivity index (χ0n) is 8.62. The van der Waals surface area contributed by atoms with Gasteiger partial charge in [-0.2, -0.15) is 0 Å². The molecule has 1 saturated heterocycles. The Morgan fingerprint density at radius 1 is 1.40 bits per heavy atom. The van der Waals surface area contributed by atoms with E-state index >= 15 is 0 Å². The van der Waals surface area contributed by atoms with E-state index in [-0.39, 0.29) is 12.6 Å². The van der Waals surface area contributed by atoms with Crippen LogP contribution < -0.4 is 5.32 Å². The number of hydrogen-bond donors (Lipinski definition) is 2. The molecule has 0 amide bonds. The SMILES string of the molecule is OCC1CCC(c2cccc(Cl)c2)CN1. The Morgan fingerprint density at radius 2 is 2.27 bits per heavy atom. The van der Waals surface area contributed by atoms with E-state index in [1.807, 2.05) is 18.2 Å². The van der Waals surface area contributed by atoms with Gasteiger partial charge in [0.15, 0.2) is 0 Å². The van der Waals surface area contributed by atoms with Crippen molar-refractivity contribution in [2.24, 2.45) is 0 Å². The first-order valence-electron chi connectivity index (χ1n) is 5.39. The molecule has 0 spiro atoms. The van der Waals surface area contributed by atoms with Crippen LogP contribution in [0.25, 0.3) is 0 Å². The predicted molar refractivity (Wildman–Crippen MR) is 62.3 cm³/mol. The first-order valence-corrected chi connectivity index (χ1v) is 5.77. The van der Waals surface area contributed by atoms with Gasteiger partial charge in [0.05, 0.1) is 6.61 Å². The number of piperidine rings is 1. The van der Waals surface area contributed by atoms with Crippen molar-refractivity contribution in [2.45, 2.75) is 24.8 Å². The topological polar surface area (TPSA) is 32.3 Å². The van der Waals surface area contributed by atoms with Crippen LogP contribution in [0.5, 0.6) is 0 Å². The van der Waals surface area contributed by atoms with Crippen molar-refractivity contribution in [3.8, 4) is 0 Å². The molecule has 82 valence electrons. The molecule has 0 aromatic heterocycles. The van der Waals surface area contributed by atoms with Crippen molar-refractivity contribution in [2.75, 3.05) is 13.2 Å². The number of halogens is 1. The van der Waals surface area contributed by atoms with Crippen molar-refractivity contribution in [1.82, 2.24) is 5.32 Å². The van der Waals surface area contributed by atoms with Crippen LogP contribution in [0.4, 0.5) is 0 Å². The Labute approximate surface area is 95.3 Å². The lowest BCUT2D eigenvalue weighted by Crippen LogP contribution is -2.40. The second-order valence-electron chi connectivity index (χ2n) is 4.12. The number of benzene rings is 1. The van der Waals surface area contributed by atoms with Crippen molar-refractivity contribution >= 4 is 11.6 Å². The first kappa shape index (κ1) is 10.9. The summed E-state index contributed by atoms with van der Waals surface area (Å²) in [5.41, 5.74) is 1.30. The molecule has 1 aliphatic rings. The van der Waals surface area contributed by atoms with E-state index in [4.69, 9.17) is 16.7 Å². The molecule has 2 nitrogen and oxygen atoms in total. The smallest absolute Gasteiger partial charge is 0.0584 e. The van der Waals surface area contributed by atoms with Gasteiger partial charge < -0.3 is 10.4 Å². The van der Waals surface area contributed by atoms with Crippen LogP contribution in [0, 0.1) is 0 Å². The molecule has 0 saturated carbocycles. The van der Waals surface area contributed by atoms with Crippen LogP contribution in [-0.2, 0) is 0 Å². The summed E-state index contributed by atoms with van der Waals surface area (Å²) >= 11 is 5.96. The quantitative estimate of drug-likeness (QED) is 0.809. The van der Waals surface area contributed by atoms with E-state index in [9.17, 15) is 0 Å². The molecule has 15 heavy (non-hydrogen) atoms. The summed E-state index contributed by atoms with van der Waals surface area (Å²) in [6.45, 7) is 1.17. The third kappa shape index (κ3) is 2.71. The van der Waals surface area contributed by atoms with E-state index in [0.29, 0.717) is 5.92 Å². The number of aliphatic hydroxyl groups is 1. The highest BCUT2D eigenvalue weighted by Crippen LogP contribution is 2.26. The van der Waals surface area contributed by atoms with E-state index < -0.39 is 0 Å². The van der Waals surface area contributed by atoms with Gasteiger partial charge in [0.1, 0.15) is 0 Å². The zero-order chi connectivity index (χ0) is 10.7. The minimum atomic E-state index is 0.238. The summed E-state index contributed by atoms with van der Waals surface area (Å²) in [7, 11) is 0. The summed E-state index contributed by atoms with van der Waals surface area (Å²) in [6, 6.07) is 8.33. The van der Waals surface area contributed by atoms with Gasteiger partial charge in [-0.05, 0) is 36.5 Å². The molecule has 3 heteroatoms. The number of hydrogen-bond acceptors (Lipinski definition) is 2. The molecule has 1 aromatic carbocycles. The lowest BCUT2D eigenvalue weighted by Gasteiger charge is -2.29. The van der Waals surface area contributed by atoms with E-state index in [1.165, 1.54) is 5.56 Å². The van der Waals surface area contributed by atoms with Crippen molar-refractivity contribution in [3.05, 3.63) is 34.9 Å². The second kappa shape index (κ2) is 4.97. The molecular formula is C12H16ClNO. The largest absolute Gasteiger partial charge is 0.395 e. The minimum Gasteiger partial charge on any atom is -0.395 e. The maximum atomic E-state index is 9.01. The standard InChI is InChI=1S/C12H16ClNO/c13-11-3-1-2-9(6-11)10-4-5-12(8-15)14-7-10/h1-3,6,10,12,14-15H,4-5,7-8H2. The van der Waals surface area contributed by atoms with Gasteiger partial charge >= 0.3 is 0 Å². The molecule has 2 atom stereocenters. The van der Waals surface area contributed by atoms with Gasteiger partial charge in [0, 0.05) is 17.6 Å². The monoisotopic (exact) mass is 225 g/mol. The summed E-state index contributed by atoms with van der Waals surface area (Å²) in [6.07, 6.45) is 2.16. The van der Waals surface area contributed by atoms with Crippen LogP contribution in [0.2, 0.25) is 5.02 Å². The molecule has 1 fully saturated rings. The van der Waals surface area contributed by atoms with Crippen molar-refractivity contribution < 1.29 is 5.11 Å². The van der Waals surface area contributed by atoms with Crippen molar-refractivity contribution in [3.63, 3.8) is 0 Å². The highest BCUT2D eigenvalue weighted by Gasteiger charge is 2.20. The van der Waals surface area contributed by atoms with Crippen molar-refractivity contribution in [1.29, 1.82) is 0 Å². The van der Waals surface area contributed by atoms with Gasteiger partial charge in [-0.3, -0.25) is 0 Å². The summed E-state index contributed by atoms with van der Waals surface area (Å²) in [5, 5.41) is 13.2. The third-order valence-corrected chi connectivity index (χ3v) is 3.29. The summed E-state index contributed by atoms with van der Waals surface area (Å²) in [5.74, 6) is 0.534. The molecule has 0 radical (unpaired) electrons. The third-order valence-electron chi connectivity index (χ3n) is 3.06. The summed E-state index contributed by atoms with van der Waals surface area (Å²) < 4.78 is 0. The van der Waals surface area contributed by atoms with E-state index in [1.54, 1.807) is 0 Å². The minimum absolute atomic E-state index is 0.238. The van der Waals surface area contributed by atoms with E-state index in [0.717, 1.165) is 24.4 Å². The Morgan fingerprint density at radius 3 is 2.87 bits per heavy atom. The number of nitrogens with one attached hydrogen (secondary N) is 1. The highest BCUT2D eigenvalue weighted by molar-refractivity contribution is 6.30. The van der Waals surface area contributed by atoms with Gasteiger partial charge in [-0.15, -0.1) is 0 Å². The van der Waals surface area contributed by atoms with Gasteiger partial charge in [-0.1, -0.05) is 23.7 Å². The van der Waals surface area contributed by atoms with Crippen LogP contribution in [-0.4, -0.2) is 24.3 Å². The normalized spacial score (nSPS) is 26.5. The Hall–Kier alpha value is -0.570. The molecule has 0 aliphatic carbocycles. The lowest BCUT2D eigenvalue weighted by molar-refractivity contribution is 0.213. The Kier molecular flexibility index (Phi) is 3.62. The molecule has 2 unspecified atom stereocenters. The fourth-order valence-corrected chi connectivity index (χ4v) is 2.32. The molecule has 0 bridgehead atoms. The number of aliphatic hydroxyl groups excluding tert-OH is 1. The molecule has 1 aromatic rings. The van der Waals surface area contributed by atoms with Gasteiger partial charge in [-0.25, -0.2) is 0 Å². The van der Waals surface area contributed by atoms with Gasteiger partial charge in [0.2, 0.25) is 0 Å². The second-order valence-corrected chi connectivity index (χ2v) is 4.55. The Bertz CT molecular complexity index is 321. The van der Waals surface area contributed by atoms with Crippen LogP contribution >= 0.6 is 11.6 Å². The molecule has 2 N–H and O–H groups in total. The molecular weight excluding hydrogens is 210 g/mol. The maximum absolute atomic E-state index is 9.01. The zero-order valence-corrected chi connectivity index (χ0v) is 9.37. The van der Waals surface area contributed by atoms with E-state index in [2.05, 4.69) is 11.4 Å². The summed E-state index contributed by atoms with van der Waals surface area (Å²) in [4.78, 5) is 0. The lowest BCUT2D eigenvalue weighted by atomic mass is 9.89. The fourth-order valence-electron chi connectivity index (χ4n) is 2.12. The average Bonchev–Trinajstić information content (AvgIpc) is 2.29. The average molecular weight is 226 g/mol. The molecule has 1 aliphatic heterocycles. The predicted octanol–water partition coefficient (Wildman–Crippen LogP) is 2.17. The molecule has 2 rings (SSSR count). The van der Waals surface area contributed by atoms with Crippen LogP contribution in [0.15, 0.2) is 24.3 Å². The maximum Gasteiger partial charge on any atom is 0.0584 e. The molecule has 1 heterocycles. The van der Waals surface area contributed by atoms with Crippen LogP contribution in [0.3, 0.4) is 0 Å². The highest BCUT2D eigenvalue weighted by atomic mass is 35.5. The van der Waals surface area contributed by atoms with Crippen LogP contribution in [0.1, 0.15) is 24.3 Å². The van der Waals surface area contributed by atoms with Gasteiger partial charge in [0.25, 0.3) is 0 Å². The fraction of sp³-hybridized carbons (Fsp3) is 0.500. The Balaban J connectivity index is 2.01. The first-order chi connectivity index (χ1) is 7.29.